The van der Waals surface area contributed by atoms with Gasteiger partial charge in [-0.15, -0.1) is 0 Å². The van der Waals surface area contributed by atoms with Crippen LogP contribution in [0, 0.1) is 13.8 Å². The molecular formula is C11H16O2. The van der Waals surface area contributed by atoms with E-state index in [4.69, 9.17) is 9.84 Å². The van der Waals surface area contributed by atoms with Crippen molar-refractivity contribution in [2.24, 2.45) is 0 Å². The van der Waals surface area contributed by atoms with Gasteiger partial charge in [0, 0.05) is 13.0 Å². The fourth-order valence-corrected chi connectivity index (χ4v) is 1.11. The second-order valence-electron chi connectivity index (χ2n) is 3.19. The van der Waals surface area contributed by atoms with Gasteiger partial charge in [0.15, 0.2) is 0 Å². The molecule has 1 aromatic rings. The van der Waals surface area contributed by atoms with Gasteiger partial charge in [-0.25, -0.2) is 0 Å². The lowest BCUT2D eigenvalue weighted by Crippen LogP contribution is -2.01. The van der Waals surface area contributed by atoms with Gasteiger partial charge in [0.1, 0.15) is 5.75 Å². The van der Waals surface area contributed by atoms with E-state index in [-0.39, 0.29) is 6.61 Å². The normalized spacial score (nSPS) is 10.1. The quantitative estimate of drug-likeness (QED) is 0.719. The number of rotatable bonds is 4. The zero-order valence-electron chi connectivity index (χ0n) is 8.21. The van der Waals surface area contributed by atoms with Crippen molar-refractivity contribution in [3.05, 3.63) is 29.3 Å². The molecule has 0 saturated heterocycles. The maximum Gasteiger partial charge on any atom is 0.122 e. The minimum atomic E-state index is 0.185. The Morgan fingerprint density at radius 1 is 1.31 bits per heavy atom. The summed E-state index contributed by atoms with van der Waals surface area (Å²) in [6, 6.07) is 6.13. The van der Waals surface area contributed by atoms with Crippen molar-refractivity contribution >= 4 is 0 Å². The highest BCUT2D eigenvalue weighted by Crippen LogP contribution is 2.18. The van der Waals surface area contributed by atoms with Crippen LogP contribution in [-0.4, -0.2) is 18.3 Å². The van der Waals surface area contributed by atoms with E-state index in [0.29, 0.717) is 13.0 Å². The lowest BCUT2D eigenvalue weighted by molar-refractivity contribution is 0.233. The van der Waals surface area contributed by atoms with Crippen LogP contribution in [-0.2, 0) is 0 Å². The third-order valence-corrected chi connectivity index (χ3v) is 1.90. The Bertz CT molecular complexity index is 269. The Balaban J connectivity index is 2.59. The first kappa shape index (κ1) is 10.1. The molecule has 0 atom stereocenters. The van der Waals surface area contributed by atoms with Gasteiger partial charge < -0.3 is 9.84 Å². The Hall–Kier alpha value is -1.02. The standard InChI is InChI=1S/C11H16O2/c1-9-4-5-10(2)11(8-9)13-7-3-6-12/h4-5,8,12H,3,6-7H2,1-2H3. The SMILES string of the molecule is Cc1ccc(C)c(OCCCO)c1. The van der Waals surface area contributed by atoms with Crippen molar-refractivity contribution in [3.63, 3.8) is 0 Å². The van der Waals surface area contributed by atoms with Gasteiger partial charge in [-0.3, -0.25) is 0 Å². The molecule has 1 rings (SSSR count). The third-order valence-electron chi connectivity index (χ3n) is 1.90. The summed E-state index contributed by atoms with van der Waals surface area (Å²) in [7, 11) is 0. The van der Waals surface area contributed by atoms with Gasteiger partial charge in [-0.1, -0.05) is 12.1 Å². The molecule has 0 unspecified atom stereocenters. The highest BCUT2D eigenvalue weighted by molar-refractivity contribution is 5.35. The van der Waals surface area contributed by atoms with E-state index in [9.17, 15) is 0 Å². The molecular weight excluding hydrogens is 164 g/mol. The molecule has 72 valence electrons. The van der Waals surface area contributed by atoms with Crippen LogP contribution in [0.25, 0.3) is 0 Å². The number of aryl methyl sites for hydroxylation is 2. The maximum atomic E-state index is 8.59. The van der Waals surface area contributed by atoms with E-state index < -0.39 is 0 Å². The number of aliphatic hydroxyl groups is 1. The molecule has 0 radical (unpaired) electrons. The van der Waals surface area contributed by atoms with Crippen LogP contribution >= 0.6 is 0 Å². The summed E-state index contributed by atoms with van der Waals surface area (Å²) in [5, 5.41) is 8.59. The van der Waals surface area contributed by atoms with Gasteiger partial charge >= 0.3 is 0 Å². The van der Waals surface area contributed by atoms with Crippen molar-refractivity contribution in [3.8, 4) is 5.75 Å². The molecule has 1 aromatic carbocycles. The van der Waals surface area contributed by atoms with E-state index in [1.54, 1.807) is 0 Å². The van der Waals surface area contributed by atoms with E-state index >= 15 is 0 Å². The van der Waals surface area contributed by atoms with Crippen molar-refractivity contribution < 1.29 is 9.84 Å². The molecule has 0 aliphatic carbocycles. The van der Waals surface area contributed by atoms with Crippen molar-refractivity contribution in [1.29, 1.82) is 0 Å². The summed E-state index contributed by atoms with van der Waals surface area (Å²) in [6.45, 7) is 4.83. The first-order valence-electron chi connectivity index (χ1n) is 4.55. The number of ether oxygens (including phenoxy) is 1. The molecule has 1 N–H and O–H groups in total. The smallest absolute Gasteiger partial charge is 0.122 e. The first-order chi connectivity index (χ1) is 6.24. The van der Waals surface area contributed by atoms with Crippen molar-refractivity contribution in [2.45, 2.75) is 20.3 Å². The minimum Gasteiger partial charge on any atom is -0.493 e. The van der Waals surface area contributed by atoms with Gasteiger partial charge in [-0.05, 0) is 31.0 Å². The summed E-state index contributed by atoms with van der Waals surface area (Å²) in [5.74, 6) is 0.924. The molecule has 0 spiro atoms. The second-order valence-corrected chi connectivity index (χ2v) is 3.19. The van der Waals surface area contributed by atoms with E-state index in [1.165, 1.54) is 5.56 Å². The zero-order valence-corrected chi connectivity index (χ0v) is 8.21. The van der Waals surface area contributed by atoms with Crippen LogP contribution in [0.5, 0.6) is 5.75 Å². The van der Waals surface area contributed by atoms with Crippen molar-refractivity contribution in [2.75, 3.05) is 13.2 Å². The van der Waals surface area contributed by atoms with Crippen LogP contribution in [0.1, 0.15) is 17.5 Å². The van der Waals surface area contributed by atoms with Crippen LogP contribution in [0.2, 0.25) is 0 Å². The lowest BCUT2D eigenvalue weighted by atomic mass is 10.1. The number of hydrogen-bond acceptors (Lipinski definition) is 2. The maximum absolute atomic E-state index is 8.59. The molecule has 2 heteroatoms. The Labute approximate surface area is 79.2 Å². The van der Waals surface area contributed by atoms with E-state index in [2.05, 4.69) is 6.07 Å². The summed E-state index contributed by atoms with van der Waals surface area (Å²) in [4.78, 5) is 0. The Morgan fingerprint density at radius 3 is 2.77 bits per heavy atom. The highest BCUT2D eigenvalue weighted by atomic mass is 16.5. The van der Waals surface area contributed by atoms with E-state index in [1.807, 2.05) is 26.0 Å². The van der Waals surface area contributed by atoms with E-state index in [0.717, 1.165) is 11.3 Å². The zero-order chi connectivity index (χ0) is 9.68. The predicted molar refractivity (Wildman–Crippen MR) is 53.1 cm³/mol. The van der Waals surface area contributed by atoms with Crippen LogP contribution in [0.15, 0.2) is 18.2 Å². The average molecular weight is 180 g/mol. The molecule has 0 aliphatic heterocycles. The molecule has 0 bridgehead atoms. The fraction of sp³-hybridized carbons (Fsp3) is 0.455. The predicted octanol–water partition coefficient (Wildman–Crippen LogP) is 2.06. The molecule has 0 heterocycles. The Morgan fingerprint density at radius 2 is 2.08 bits per heavy atom. The summed E-state index contributed by atoms with van der Waals surface area (Å²) >= 11 is 0. The summed E-state index contributed by atoms with van der Waals surface area (Å²) in [6.07, 6.45) is 0.688. The number of benzene rings is 1. The fourth-order valence-electron chi connectivity index (χ4n) is 1.11. The van der Waals surface area contributed by atoms with Gasteiger partial charge in [0.2, 0.25) is 0 Å². The molecule has 0 saturated carbocycles. The lowest BCUT2D eigenvalue weighted by Gasteiger charge is -2.08. The van der Waals surface area contributed by atoms with Crippen LogP contribution in [0.4, 0.5) is 0 Å². The van der Waals surface area contributed by atoms with Crippen LogP contribution in [0.3, 0.4) is 0 Å². The molecule has 2 nitrogen and oxygen atoms in total. The van der Waals surface area contributed by atoms with Crippen molar-refractivity contribution in [1.82, 2.24) is 0 Å². The average Bonchev–Trinajstić information content (AvgIpc) is 2.11. The largest absolute Gasteiger partial charge is 0.493 e. The summed E-state index contributed by atoms with van der Waals surface area (Å²) in [5.41, 5.74) is 2.34. The molecule has 13 heavy (non-hydrogen) atoms. The van der Waals surface area contributed by atoms with Gasteiger partial charge in [-0.2, -0.15) is 0 Å². The minimum absolute atomic E-state index is 0.185. The molecule has 0 amide bonds. The third kappa shape index (κ3) is 3.07. The molecule has 0 aliphatic rings. The van der Waals surface area contributed by atoms with Gasteiger partial charge in [0.05, 0.1) is 6.61 Å². The summed E-state index contributed by atoms with van der Waals surface area (Å²) < 4.78 is 5.50. The van der Waals surface area contributed by atoms with Crippen LogP contribution < -0.4 is 4.74 Å². The number of aliphatic hydroxyl groups excluding tert-OH is 1. The highest BCUT2D eigenvalue weighted by Gasteiger charge is 1.98. The topological polar surface area (TPSA) is 29.5 Å². The van der Waals surface area contributed by atoms with Gasteiger partial charge in [0.25, 0.3) is 0 Å². The molecule has 0 fully saturated rings. The second kappa shape index (κ2) is 4.87. The molecule has 0 aromatic heterocycles. The first-order valence-corrected chi connectivity index (χ1v) is 4.55. The number of hydrogen-bond donors (Lipinski definition) is 1. The Kier molecular flexibility index (Phi) is 3.77. The monoisotopic (exact) mass is 180 g/mol.